The molecular weight excluding hydrogens is 508 g/mol. The molecule has 1 aliphatic heterocycles. The van der Waals surface area contributed by atoms with Crippen molar-refractivity contribution in [2.75, 3.05) is 26.5 Å². The van der Waals surface area contributed by atoms with Gasteiger partial charge in [-0.1, -0.05) is 18.2 Å². The van der Waals surface area contributed by atoms with E-state index in [2.05, 4.69) is 52.7 Å². The third kappa shape index (κ3) is 5.31. The molecule has 2 aliphatic rings. The fourth-order valence-electron chi connectivity index (χ4n) is 6.86. The number of para-hydroxylation sites is 1. The Kier molecular flexibility index (Phi) is 8.00. The fraction of sp³-hybridized carbons (Fsp3) is 0.548. The van der Waals surface area contributed by atoms with Crippen LogP contribution in [0, 0.1) is 19.8 Å². The van der Waals surface area contributed by atoms with Gasteiger partial charge in [0.25, 0.3) is 11.5 Å². The number of nitrogens with one attached hydrogen (secondary N) is 2. The first-order valence-electron chi connectivity index (χ1n) is 14.1. The lowest BCUT2D eigenvalue weighted by molar-refractivity contribution is -0.131. The number of aromatic nitrogens is 2. The minimum absolute atomic E-state index is 0.0200. The number of H-pyrrole nitrogens is 1. The van der Waals surface area contributed by atoms with Gasteiger partial charge in [0.15, 0.2) is 0 Å². The van der Waals surface area contributed by atoms with E-state index in [1.165, 1.54) is 37.4 Å². The summed E-state index contributed by atoms with van der Waals surface area (Å²) in [4.78, 5) is 32.6. The van der Waals surface area contributed by atoms with Crippen LogP contribution in [-0.2, 0) is 11.3 Å². The van der Waals surface area contributed by atoms with Gasteiger partial charge in [0, 0.05) is 71.6 Å². The number of fused-ring (bicyclic) bond motifs is 1. The second-order valence-corrected chi connectivity index (χ2v) is 12.6. The second kappa shape index (κ2) is 11.1. The minimum atomic E-state index is -0.145. The van der Waals surface area contributed by atoms with Gasteiger partial charge in [0.1, 0.15) is 0 Å². The van der Waals surface area contributed by atoms with Crippen LogP contribution in [0.2, 0.25) is 0 Å². The number of nitrogens with zero attached hydrogens (tertiary/aromatic N) is 2. The van der Waals surface area contributed by atoms with Crippen molar-refractivity contribution in [2.45, 2.75) is 82.5 Å². The van der Waals surface area contributed by atoms with Gasteiger partial charge >= 0.3 is 0 Å². The highest BCUT2D eigenvalue weighted by atomic mass is 32.2. The summed E-state index contributed by atoms with van der Waals surface area (Å²) in [7, 11) is 1.82. The molecule has 3 heterocycles. The van der Waals surface area contributed by atoms with Gasteiger partial charge in [-0.15, -0.1) is 11.8 Å². The maximum Gasteiger partial charge on any atom is 0.254 e. The summed E-state index contributed by atoms with van der Waals surface area (Å²) in [5.74, 6) is 0.432. The van der Waals surface area contributed by atoms with Gasteiger partial charge in [-0.05, 0) is 77.7 Å². The van der Waals surface area contributed by atoms with Gasteiger partial charge in [-0.25, -0.2) is 0 Å². The molecule has 1 amide bonds. The van der Waals surface area contributed by atoms with Crippen LogP contribution >= 0.6 is 11.8 Å². The summed E-state index contributed by atoms with van der Waals surface area (Å²) in [5.41, 5.74) is 4.09. The molecule has 5 rings (SSSR count). The SMILES string of the molecule is COC1(C)CN(C2CCC(C(C)n3c(C)c(C(=O)NCc4c(SC)cc(C)[nH]c4=O)c4ccccc43)CC2)C1. The zero-order valence-electron chi connectivity index (χ0n) is 24.1. The van der Waals surface area contributed by atoms with Gasteiger partial charge in [0.2, 0.25) is 0 Å². The van der Waals surface area contributed by atoms with E-state index in [0.29, 0.717) is 29.1 Å². The first kappa shape index (κ1) is 28.0. The normalized spacial score (nSPS) is 22.0. The van der Waals surface area contributed by atoms with E-state index in [9.17, 15) is 9.59 Å². The zero-order chi connectivity index (χ0) is 27.9. The Morgan fingerprint density at radius 3 is 2.56 bits per heavy atom. The third-order valence-corrected chi connectivity index (χ3v) is 9.98. The Labute approximate surface area is 235 Å². The molecule has 0 bridgehead atoms. The Hall–Kier alpha value is -2.55. The third-order valence-electron chi connectivity index (χ3n) is 9.17. The van der Waals surface area contributed by atoms with Crippen LogP contribution in [0.5, 0.6) is 0 Å². The van der Waals surface area contributed by atoms with Crippen LogP contribution in [0.15, 0.2) is 40.0 Å². The van der Waals surface area contributed by atoms with Gasteiger partial charge < -0.3 is 19.6 Å². The summed E-state index contributed by atoms with van der Waals surface area (Å²) < 4.78 is 8.04. The smallest absolute Gasteiger partial charge is 0.254 e. The molecule has 210 valence electrons. The molecule has 2 aromatic heterocycles. The van der Waals surface area contributed by atoms with Crippen LogP contribution in [0.4, 0.5) is 0 Å². The quantitative estimate of drug-likeness (QED) is 0.365. The molecule has 0 spiro atoms. The highest BCUT2D eigenvalue weighted by molar-refractivity contribution is 7.98. The van der Waals surface area contributed by atoms with Crippen LogP contribution < -0.4 is 10.9 Å². The van der Waals surface area contributed by atoms with E-state index in [1.54, 1.807) is 0 Å². The predicted octanol–water partition coefficient (Wildman–Crippen LogP) is 5.44. The Balaban J connectivity index is 1.34. The molecule has 1 aromatic carbocycles. The molecular formula is C31H42N4O3S. The average Bonchev–Trinajstić information content (AvgIpc) is 3.21. The minimum Gasteiger partial charge on any atom is -0.376 e. The first-order chi connectivity index (χ1) is 18.7. The standard InChI is InChI=1S/C31H42N4O3S/c1-19-15-27(39-6)25(29(36)33-19)16-32-30(37)28-21(3)35(26-10-8-7-9-24(26)28)20(2)22-11-13-23(14-12-22)34-17-31(4,18-34)38-5/h7-10,15,20,22-23H,11-14,16-18H2,1-6H3,(H,32,37)(H,33,36). The fourth-order valence-corrected chi connectivity index (χ4v) is 7.56. The molecule has 2 N–H and O–H groups in total. The second-order valence-electron chi connectivity index (χ2n) is 11.7. The number of carbonyl (C=O) groups excluding carboxylic acids is 1. The molecule has 0 radical (unpaired) electrons. The molecule has 7 nitrogen and oxygen atoms in total. The van der Waals surface area contributed by atoms with E-state index < -0.39 is 0 Å². The highest BCUT2D eigenvalue weighted by Crippen LogP contribution is 2.40. The van der Waals surface area contributed by atoms with Gasteiger partial charge in [-0.3, -0.25) is 14.5 Å². The number of thioether (sulfide) groups is 1. The molecule has 2 fully saturated rings. The number of ether oxygens (including phenoxy) is 1. The predicted molar refractivity (Wildman–Crippen MR) is 159 cm³/mol. The molecule has 1 atom stereocenters. The summed E-state index contributed by atoms with van der Waals surface area (Å²) in [6.07, 6.45) is 6.75. The summed E-state index contributed by atoms with van der Waals surface area (Å²) in [6, 6.07) is 11.1. The van der Waals surface area contributed by atoms with E-state index in [-0.39, 0.29) is 23.6 Å². The Morgan fingerprint density at radius 2 is 1.90 bits per heavy atom. The number of benzene rings is 1. The maximum atomic E-state index is 13.6. The number of aromatic amines is 1. The number of hydrogen-bond donors (Lipinski definition) is 2. The maximum absolute atomic E-state index is 13.6. The highest BCUT2D eigenvalue weighted by Gasteiger charge is 2.43. The molecule has 1 saturated carbocycles. The number of carbonyl (C=O) groups is 1. The summed E-state index contributed by atoms with van der Waals surface area (Å²) in [5, 5.41) is 4.02. The van der Waals surface area contributed by atoms with E-state index in [0.717, 1.165) is 40.3 Å². The Morgan fingerprint density at radius 1 is 1.21 bits per heavy atom. The monoisotopic (exact) mass is 550 g/mol. The lowest BCUT2D eigenvalue weighted by Crippen LogP contribution is -2.64. The van der Waals surface area contributed by atoms with E-state index in [4.69, 9.17) is 4.74 Å². The zero-order valence-corrected chi connectivity index (χ0v) is 24.9. The number of hydrogen-bond acceptors (Lipinski definition) is 5. The lowest BCUT2D eigenvalue weighted by atomic mass is 9.79. The van der Waals surface area contributed by atoms with Crippen molar-refractivity contribution in [3.05, 3.63) is 63.2 Å². The Bertz CT molecular complexity index is 1410. The number of rotatable bonds is 8. The summed E-state index contributed by atoms with van der Waals surface area (Å²) >= 11 is 1.52. The van der Waals surface area contributed by atoms with Crippen molar-refractivity contribution in [3.63, 3.8) is 0 Å². The average molecular weight is 551 g/mol. The van der Waals surface area contributed by atoms with Gasteiger partial charge in [0.05, 0.1) is 11.2 Å². The number of methoxy groups -OCH3 is 1. The molecule has 1 aliphatic carbocycles. The van der Waals surface area contributed by atoms with E-state index >= 15 is 0 Å². The largest absolute Gasteiger partial charge is 0.376 e. The summed E-state index contributed by atoms with van der Waals surface area (Å²) in [6.45, 7) is 10.7. The first-order valence-corrected chi connectivity index (χ1v) is 15.3. The van der Waals surface area contributed by atoms with Crippen molar-refractivity contribution < 1.29 is 9.53 Å². The number of likely N-dealkylation sites (tertiary alicyclic amines) is 1. The van der Waals surface area contributed by atoms with Crippen molar-refractivity contribution in [1.82, 2.24) is 19.8 Å². The number of amides is 1. The van der Waals surface area contributed by atoms with Crippen molar-refractivity contribution in [3.8, 4) is 0 Å². The van der Waals surface area contributed by atoms with Crippen LogP contribution in [0.3, 0.4) is 0 Å². The molecule has 39 heavy (non-hydrogen) atoms. The number of aryl methyl sites for hydroxylation is 1. The topological polar surface area (TPSA) is 79.4 Å². The van der Waals surface area contributed by atoms with E-state index in [1.807, 2.05) is 38.5 Å². The van der Waals surface area contributed by atoms with Gasteiger partial charge in [-0.2, -0.15) is 0 Å². The van der Waals surface area contributed by atoms with Crippen molar-refractivity contribution >= 4 is 28.6 Å². The molecule has 1 unspecified atom stereocenters. The molecule has 8 heteroatoms. The van der Waals surface area contributed by atoms with Crippen LogP contribution in [0.1, 0.15) is 72.9 Å². The van der Waals surface area contributed by atoms with Crippen molar-refractivity contribution in [1.29, 1.82) is 0 Å². The van der Waals surface area contributed by atoms with Crippen LogP contribution in [-0.4, -0.2) is 58.5 Å². The molecule has 3 aromatic rings. The lowest BCUT2D eigenvalue weighted by Gasteiger charge is -2.52. The van der Waals surface area contributed by atoms with Crippen molar-refractivity contribution in [2.24, 2.45) is 5.92 Å². The van der Waals surface area contributed by atoms with Crippen LogP contribution in [0.25, 0.3) is 10.9 Å². The number of pyridine rings is 1. The molecule has 1 saturated heterocycles.